The zero-order valence-electron chi connectivity index (χ0n) is 14.2. The average molecular weight is 360 g/mol. The first kappa shape index (κ1) is 16.8. The molecule has 0 amide bonds. The van der Waals surface area contributed by atoms with E-state index in [0.29, 0.717) is 6.54 Å². The van der Waals surface area contributed by atoms with Crippen LogP contribution < -0.4 is 4.72 Å². The second-order valence-electron chi connectivity index (χ2n) is 7.00. The third kappa shape index (κ3) is 3.94. The maximum Gasteiger partial charge on any atom is 0.214 e. The number of aromatic nitrogens is 2. The summed E-state index contributed by atoms with van der Waals surface area (Å²) in [5.41, 5.74) is 2.49. The third-order valence-electron chi connectivity index (χ3n) is 4.95. The SMILES string of the molecule is O=S(=O)(NCC[C@@H]1CN(Cc2ccccc2)Cc2ccnn21)C1CC1. The van der Waals surface area contributed by atoms with Gasteiger partial charge in [-0.05, 0) is 30.9 Å². The smallest absolute Gasteiger partial charge is 0.214 e. The topological polar surface area (TPSA) is 67.2 Å². The number of nitrogens with one attached hydrogen (secondary N) is 1. The van der Waals surface area contributed by atoms with E-state index in [-0.39, 0.29) is 11.3 Å². The summed E-state index contributed by atoms with van der Waals surface area (Å²) in [4.78, 5) is 2.41. The van der Waals surface area contributed by atoms with Crippen LogP contribution in [0, 0.1) is 0 Å². The first-order chi connectivity index (χ1) is 12.1. The molecule has 1 saturated carbocycles. The average Bonchev–Trinajstić information content (AvgIpc) is 3.35. The van der Waals surface area contributed by atoms with Gasteiger partial charge in [0.25, 0.3) is 0 Å². The molecule has 1 atom stereocenters. The number of sulfonamides is 1. The van der Waals surface area contributed by atoms with Gasteiger partial charge in [-0.2, -0.15) is 5.10 Å². The van der Waals surface area contributed by atoms with E-state index in [9.17, 15) is 8.42 Å². The van der Waals surface area contributed by atoms with Crippen LogP contribution in [0.4, 0.5) is 0 Å². The van der Waals surface area contributed by atoms with Crippen molar-refractivity contribution in [2.24, 2.45) is 0 Å². The maximum atomic E-state index is 12.0. The van der Waals surface area contributed by atoms with Crippen molar-refractivity contribution in [3.63, 3.8) is 0 Å². The number of nitrogens with zero attached hydrogens (tertiary/aromatic N) is 3. The minimum absolute atomic E-state index is 0.159. The zero-order chi connectivity index (χ0) is 17.3. The molecule has 1 fully saturated rings. The molecule has 134 valence electrons. The lowest BCUT2D eigenvalue weighted by atomic mass is 10.1. The summed E-state index contributed by atoms with van der Waals surface area (Å²) in [6, 6.07) is 12.7. The first-order valence-corrected chi connectivity index (χ1v) is 10.4. The Morgan fingerprint density at radius 3 is 2.72 bits per heavy atom. The number of fused-ring (bicyclic) bond motifs is 1. The molecule has 0 unspecified atom stereocenters. The number of hydrogen-bond acceptors (Lipinski definition) is 4. The van der Waals surface area contributed by atoms with E-state index in [1.165, 1.54) is 11.3 Å². The van der Waals surface area contributed by atoms with Gasteiger partial charge in [-0.3, -0.25) is 9.58 Å². The third-order valence-corrected chi connectivity index (χ3v) is 6.90. The lowest BCUT2D eigenvalue weighted by molar-refractivity contribution is 0.162. The number of rotatable bonds is 7. The molecule has 6 nitrogen and oxygen atoms in total. The lowest BCUT2D eigenvalue weighted by Crippen LogP contribution is -2.39. The Labute approximate surface area is 148 Å². The van der Waals surface area contributed by atoms with E-state index in [1.807, 2.05) is 12.3 Å². The maximum absolute atomic E-state index is 12.0. The summed E-state index contributed by atoms with van der Waals surface area (Å²) in [6.07, 6.45) is 4.19. The molecule has 1 aliphatic carbocycles. The predicted molar refractivity (Wildman–Crippen MR) is 96.4 cm³/mol. The van der Waals surface area contributed by atoms with Gasteiger partial charge in [-0.15, -0.1) is 0 Å². The van der Waals surface area contributed by atoms with Gasteiger partial charge in [0.05, 0.1) is 17.0 Å². The van der Waals surface area contributed by atoms with Crippen molar-refractivity contribution in [1.82, 2.24) is 19.4 Å². The fraction of sp³-hybridized carbons (Fsp3) is 0.500. The van der Waals surface area contributed by atoms with Crippen molar-refractivity contribution in [2.75, 3.05) is 13.1 Å². The van der Waals surface area contributed by atoms with Crippen molar-refractivity contribution in [3.05, 3.63) is 53.9 Å². The van der Waals surface area contributed by atoms with Crippen molar-refractivity contribution in [3.8, 4) is 0 Å². The van der Waals surface area contributed by atoms with Gasteiger partial charge in [-0.25, -0.2) is 13.1 Å². The second-order valence-corrected chi connectivity index (χ2v) is 9.05. The van der Waals surface area contributed by atoms with E-state index in [1.54, 1.807) is 0 Å². The minimum atomic E-state index is -3.11. The van der Waals surface area contributed by atoms with Gasteiger partial charge in [0.1, 0.15) is 0 Å². The number of benzene rings is 1. The summed E-state index contributed by atoms with van der Waals surface area (Å²) >= 11 is 0. The van der Waals surface area contributed by atoms with Crippen LogP contribution in [0.25, 0.3) is 0 Å². The summed E-state index contributed by atoms with van der Waals surface area (Å²) < 4.78 is 28.8. The number of hydrogen-bond donors (Lipinski definition) is 1. The highest BCUT2D eigenvalue weighted by atomic mass is 32.2. The Balaban J connectivity index is 1.40. The molecule has 1 aromatic carbocycles. The van der Waals surface area contributed by atoms with E-state index in [2.05, 4.69) is 49.7 Å². The van der Waals surface area contributed by atoms with Crippen LogP contribution in [-0.4, -0.2) is 41.4 Å². The molecule has 25 heavy (non-hydrogen) atoms. The molecule has 1 N–H and O–H groups in total. The van der Waals surface area contributed by atoms with Crippen molar-refractivity contribution >= 4 is 10.0 Å². The highest BCUT2D eigenvalue weighted by Crippen LogP contribution is 2.28. The van der Waals surface area contributed by atoms with Crippen LogP contribution in [0.1, 0.15) is 36.6 Å². The van der Waals surface area contributed by atoms with Crippen LogP contribution in [0.2, 0.25) is 0 Å². The van der Waals surface area contributed by atoms with E-state index in [0.717, 1.165) is 38.9 Å². The molecular weight excluding hydrogens is 336 g/mol. The summed E-state index contributed by atoms with van der Waals surface area (Å²) in [6.45, 7) is 3.13. The fourth-order valence-corrected chi connectivity index (χ4v) is 4.90. The van der Waals surface area contributed by atoms with E-state index in [4.69, 9.17) is 0 Å². The molecule has 0 saturated heterocycles. The molecule has 2 aromatic rings. The van der Waals surface area contributed by atoms with Gasteiger partial charge in [0.15, 0.2) is 0 Å². The minimum Gasteiger partial charge on any atom is -0.291 e. The van der Waals surface area contributed by atoms with Crippen LogP contribution in [0.5, 0.6) is 0 Å². The van der Waals surface area contributed by atoms with Crippen LogP contribution in [0.3, 0.4) is 0 Å². The van der Waals surface area contributed by atoms with E-state index < -0.39 is 10.0 Å². The zero-order valence-corrected chi connectivity index (χ0v) is 15.0. The van der Waals surface area contributed by atoms with Gasteiger partial charge in [-0.1, -0.05) is 30.3 Å². The Morgan fingerprint density at radius 2 is 1.96 bits per heavy atom. The highest BCUT2D eigenvalue weighted by Gasteiger charge is 2.35. The predicted octanol–water partition coefficient (Wildman–Crippen LogP) is 1.91. The monoisotopic (exact) mass is 360 g/mol. The van der Waals surface area contributed by atoms with Gasteiger partial charge in [0, 0.05) is 32.4 Å². The standard InChI is InChI=1S/C18H24N4O2S/c23-25(24,18-6-7-18)20-11-9-17-14-21(12-15-4-2-1-3-5-15)13-16-8-10-19-22(16)17/h1-5,8,10,17-18,20H,6-7,9,11-14H2/t17-/m1/s1. The van der Waals surface area contributed by atoms with Crippen LogP contribution >= 0.6 is 0 Å². The molecule has 0 radical (unpaired) electrons. The van der Waals surface area contributed by atoms with Gasteiger partial charge in [0.2, 0.25) is 10.0 Å². The van der Waals surface area contributed by atoms with Gasteiger partial charge >= 0.3 is 0 Å². The molecule has 2 heterocycles. The summed E-state index contributed by atoms with van der Waals surface area (Å²) in [5.74, 6) is 0. The van der Waals surface area contributed by atoms with Crippen molar-refractivity contribution in [1.29, 1.82) is 0 Å². The Hall–Kier alpha value is -1.70. The Kier molecular flexibility index (Phi) is 4.62. The molecular formula is C18H24N4O2S. The second kappa shape index (κ2) is 6.90. The van der Waals surface area contributed by atoms with Gasteiger partial charge < -0.3 is 0 Å². The lowest BCUT2D eigenvalue weighted by Gasteiger charge is -2.34. The molecule has 2 aliphatic rings. The molecule has 1 aromatic heterocycles. The largest absolute Gasteiger partial charge is 0.291 e. The normalized spacial score (nSPS) is 21.2. The van der Waals surface area contributed by atoms with Crippen molar-refractivity contribution < 1.29 is 8.42 Å². The molecule has 7 heteroatoms. The quantitative estimate of drug-likeness (QED) is 0.819. The Bertz CT molecular complexity index is 815. The van der Waals surface area contributed by atoms with Crippen LogP contribution in [0.15, 0.2) is 42.6 Å². The molecule has 4 rings (SSSR count). The van der Waals surface area contributed by atoms with Crippen LogP contribution in [-0.2, 0) is 23.1 Å². The fourth-order valence-electron chi connectivity index (χ4n) is 3.50. The summed E-state index contributed by atoms with van der Waals surface area (Å²) in [5, 5.41) is 4.30. The summed E-state index contributed by atoms with van der Waals surface area (Å²) in [7, 11) is -3.11. The highest BCUT2D eigenvalue weighted by molar-refractivity contribution is 7.90. The molecule has 0 spiro atoms. The Morgan fingerprint density at radius 1 is 1.16 bits per heavy atom. The molecule has 0 bridgehead atoms. The molecule has 1 aliphatic heterocycles. The first-order valence-electron chi connectivity index (χ1n) is 8.89. The van der Waals surface area contributed by atoms with Crippen molar-refractivity contribution in [2.45, 2.75) is 43.6 Å². The van der Waals surface area contributed by atoms with E-state index >= 15 is 0 Å².